The van der Waals surface area contributed by atoms with Gasteiger partial charge in [-0.3, -0.25) is 0 Å². The fourth-order valence-electron chi connectivity index (χ4n) is 2.01. The lowest BCUT2D eigenvalue weighted by Gasteiger charge is -1.81. The largest absolute Gasteiger partial charge is 0.480 e. The van der Waals surface area contributed by atoms with Gasteiger partial charge < -0.3 is 15.1 Å². The summed E-state index contributed by atoms with van der Waals surface area (Å²) in [7, 11) is 0. The van der Waals surface area contributed by atoms with Crippen LogP contribution in [-0.4, -0.2) is 25.0 Å². The molecule has 2 aromatic carbocycles. The molecule has 2 heterocycles. The van der Waals surface area contributed by atoms with Crippen LogP contribution in [0.25, 0.3) is 22.1 Å². The third-order valence-electron chi connectivity index (χ3n) is 2.94. The molecular weight excluding hydrogens is 288 g/mol. The van der Waals surface area contributed by atoms with E-state index in [1.54, 1.807) is 0 Å². The van der Waals surface area contributed by atoms with Gasteiger partial charge in [0.1, 0.15) is 5.82 Å². The van der Waals surface area contributed by atoms with Gasteiger partial charge in [-0.25, -0.2) is 4.98 Å². The van der Waals surface area contributed by atoms with Gasteiger partial charge in [0.2, 0.25) is 0 Å². The van der Waals surface area contributed by atoms with Gasteiger partial charge in [0.15, 0.2) is 0 Å². The number of nitrogens with one attached hydrogen (secondary N) is 2. The lowest BCUT2D eigenvalue weighted by molar-refractivity contribution is 0.438. The zero-order valence-corrected chi connectivity index (χ0v) is 11.8. The Morgan fingerprint density at radius 1 is 0.857 bits per heavy atom. The number of alkyl halides is 1. The van der Waals surface area contributed by atoms with Crippen LogP contribution in [-0.2, 0) is 5.88 Å². The van der Waals surface area contributed by atoms with E-state index in [4.69, 9.17) is 16.7 Å². The van der Waals surface area contributed by atoms with Crippen LogP contribution in [0.3, 0.4) is 0 Å². The Hall–Kier alpha value is -2.53. The van der Waals surface area contributed by atoms with Gasteiger partial charge in [0.25, 0.3) is 6.01 Å². The molecule has 2 aromatic heterocycles. The third kappa shape index (κ3) is 2.98. The van der Waals surface area contributed by atoms with Crippen molar-refractivity contribution in [2.24, 2.45) is 0 Å². The lowest BCUT2D eigenvalue weighted by Crippen LogP contribution is -1.76. The van der Waals surface area contributed by atoms with Gasteiger partial charge >= 0.3 is 0 Å². The predicted octanol–water partition coefficient (Wildman–Crippen LogP) is 3.57. The molecule has 0 bridgehead atoms. The molecule has 0 fully saturated rings. The van der Waals surface area contributed by atoms with E-state index in [2.05, 4.69) is 19.9 Å². The van der Waals surface area contributed by atoms with Crippen molar-refractivity contribution in [2.45, 2.75) is 5.88 Å². The van der Waals surface area contributed by atoms with Gasteiger partial charge in [-0.15, -0.1) is 11.6 Å². The van der Waals surface area contributed by atoms with Crippen molar-refractivity contribution in [2.75, 3.05) is 0 Å². The zero-order chi connectivity index (χ0) is 14.7. The van der Waals surface area contributed by atoms with Crippen molar-refractivity contribution in [1.82, 2.24) is 19.9 Å². The third-order valence-corrected chi connectivity index (χ3v) is 3.20. The summed E-state index contributed by atoms with van der Waals surface area (Å²) >= 11 is 5.60. The summed E-state index contributed by atoms with van der Waals surface area (Å²) in [5.41, 5.74) is 3.67. The second kappa shape index (κ2) is 5.85. The number of nitrogens with zero attached hydrogens (tertiary/aromatic N) is 2. The number of aromatic amines is 2. The highest BCUT2D eigenvalue weighted by Crippen LogP contribution is 2.13. The number of hydrogen-bond donors (Lipinski definition) is 3. The maximum Gasteiger partial charge on any atom is 0.292 e. The zero-order valence-electron chi connectivity index (χ0n) is 11.0. The van der Waals surface area contributed by atoms with Crippen molar-refractivity contribution in [1.29, 1.82) is 0 Å². The van der Waals surface area contributed by atoms with E-state index in [9.17, 15) is 0 Å². The predicted molar refractivity (Wildman–Crippen MR) is 83.4 cm³/mol. The molecule has 6 heteroatoms. The number of rotatable bonds is 1. The molecule has 0 aliphatic heterocycles. The van der Waals surface area contributed by atoms with Gasteiger partial charge in [-0.05, 0) is 24.3 Å². The van der Waals surface area contributed by atoms with Crippen molar-refractivity contribution in [3.63, 3.8) is 0 Å². The van der Waals surface area contributed by atoms with E-state index in [-0.39, 0.29) is 6.01 Å². The maximum absolute atomic E-state index is 8.89. The van der Waals surface area contributed by atoms with Crippen LogP contribution < -0.4 is 0 Å². The van der Waals surface area contributed by atoms with Crippen LogP contribution in [0.4, 0.5) is 0 Å². The first-order valence-corrected chi connectivity index (χ1v) is 6.93. The number of aromatic nitrogens is 4. The summed E-state index contributed by atoms with van der Waals surface area (Å²) < 4.78 is 0. The topological polar surface area (TPSA) is 77.6 Å². The molecule has 0 atom stereocenters. The molecule has 106 valence electrons. The number of benzene rings is 2. The Bertz CT molecular complexity index is 802. The molecule has 0 amide bonds. The fraction of sp³-hybridized carbons (Fsp3) is 0.0667. The summed E-state index contributed by atoms with van der Waals surface area (Å²) in [5.74, 6) is 1.27. The van der Waals surface area contributed by atoms with E-state index >= 15 is 0 Å². The molecule has 0 aliphatic carbocycles. The number of hydrogen-bond acceptors (Lipinski definition) is 3. The minimum absolute atomic E-state index is 0.0267. The summed E-state index contributed by atoms with van der Waals surface area (Å²) in [6.45, 7) is 0. The quantitative estimate of drug-likeness (QED) is 0.470. The van der Waals surface area contributed by atoms with Crippen molar-refractivity contribution >= 4 is 33.7 Å². The Morgan fingerprint density at radius 2 is 1.43 bits per heavy atom. The van der Waals surface area contributed by atoms with Gasteiger partial charge in [0, 0.05) is 0 Å². The number of aromatic hydroxyl groups is 1. The monoisotopic (exact) mass is 300 g/mol. The number of para-hydroxylation sites is 4. The van der Waals surface area contributed by atoms with Gasteiger partial charge in [-0.1, -0.05) is 24.3 Å². The average molecular weight is 301 g/mol. The summed E-state index contributed by atoms with van der Waals surface area (Å²) in [5, 5.41) is 8.89. The SMILES string of the molecule is ClCc1nc2ccccc2[nH]1.Oc1nc2ccccc2[nH]1. The number of imidazole rings is 2. The normalized spacial score (nSPS) is 10.5. The van der Waals surface area contributed by atoms with E-state index in [0.29, 0.717) is 5.88 Å². The molecule has 0 aliphatic rings. The average Bonchev–Trinajstić information content (AvgIpc) is 3.09. The smallest absolute Gasteiger partial charge is 0.292 e. The lowest BCUT2D eigenvalue weighted by atomic mass is 10.3. The van der Waals surface area contributed by atoms with Crippen LogP contribution in [0.5, 0.6) is 6.01 Å². The highest BCUT2D eigenvalue weighted by molar-refractivity contribution is 6.16. The first-order chi connectivity index (χ1) is 10.3. The van der Waals surface area contributed by atoms with E-state index in [1.165, 1.54) is 0 Å². The Balaban J connectivity index is 0.000000126. The van der Waals surface area contributed by atoms with Crippen LogP contribution in [0.2, 0.25) is 0 Å². The first-order valence-electron chi connectivity index (χ1n) is 6.39. The van der Waals surface area contributed by atoms with Gasteiger partial charge in [0.05, 0.1) is 27.9 Å². The van der Waals surface area contributed by atoms with E-state index < -0.39 is 0 Å². The molecule has 4 aromatic rings. The minimum Gasteiger partial charge on any atom is -0.480 e. The summed E-state index contributed by atoms with van der Waals surface area (Å²) in [6, 6.07) is 15.3. The van der Waals surface area contributed by atoms with Crippen LogP contribution >= 0.6 is 11.6 Å². The summed E-state index contributed by atoms with van der Waals surface area (Å²) in [6.07, 6.45) is 0. The van der Waals surface area contributed by atoms with Crippen molar-refractivity contribution in [3.05, 3.63) is 54.4 Å². The molecule has 21 heavy (non-hydrogen) atoms. The molecule has 0 radical (unpaired) electrons. The molecule has 0 unspecified atom stereocenters. The van der Waals surface area contributed by atoms with E-state index in [0.717, 1.165) is 27.9 Å². The molecular formula is C15H13ClN4O. The van der Waals surface area contributed by atoms with Crippen molar-refractivity contribution < 1.29 is 5.11 Å². The molecule has 0 saturated heterocycles. The Kier molecular flexibility index (Phi) is 3.75. The highest BCUT2D eigenvalue weighted by Gasteiger charge is 1.98. The van der Waals surface area contributed by atoms with Crippen molar-refractivity contribution in [3.8, 4) is 6.01 Å². The maximum atomic E-state index is 8.89. The highest BCUT2D eigenvalue weighted by atomic mass is 35.5. The molecule has 4 rings (SSSR count). The molecule has 5 nitrogen and oxygen atoms in total. The number of fused-ring (bicyclic) bond motifs is 2. The van der Waals surface area contributed by atoms with Crippen LogP contribution in [0, 0.1) is 0 Å². The van der Waals surface area contributed by atoms with E-state index in [1.807, 2.05) is 48.5 Å². The second-order valence-corrected chi connectivity index (χ2v) is 4.68. The molecule has 0 saturated carbocycles. The fourth-order valence-corrected chi connectivity index (χ4v) is 2.13. The second-order valence-electron chi connectivity index (χ2n) is 4.41. The Morgan fingerprint density at radius 3 is 2.00 bits per heavy atom. The molecule has 3 N–H and O–H groups in total. The first kappa shape index (κ1) is 13.5. The molecule has 0 spiro atoms. The number of halogens is 1. The minimum atomic E-state index is -0.0267. The summed E-state index contributed by atoms with van der Waals surface area (Å²) in [4.78, 5) is 13.9. The Labute approximate surface area is 125 Å². The standard InChI is InChI=1S/C8H7ClN2.C7H6N2O/c9-5-8-10-6-3-1-2-4-7(6)11-8;10-7-8-5-3-1-2-4-6(5)9-7/h1-4H,5H2,(H,10,11);1-4H,(H2,8,9,10). The van der Waals surface area contributed by atoms with Crippen LogP contribution in [0.1, 0.15) is 5.82 Å². The number of H-pyrrole nitrogens is 2. The van der Waals surface area contributed by atoms with Gasteiger partial charge in [-0.2, -0.15) is 4.98 Å². The van der Waals surface area contributed by atoms with Crippen LogP contribution in [0.15, 0.2) is 48.5 Å².